The number of carbonyl (C=O) groups excluding carboxylic acids is 1. The molecule has 0 aliphatic heterocycles. The van der Waals surface area contributed by atoms with Crippen LogP contribution in [0.2, 0.25) is 0 Å². The Labute approximate surface area is 120 Å². The van der Waals surface area contributed by atoms with Gasteiger partial charge in [0, 0.05) is 6.42 Å². The number of hydrogen-bond acceptors (Lipinski definition) is 3. The lowest BCUT2D eigenvalue weighted by molar-refractivity contribution is -0.151. The maximum absolute atomic E-state index is 13.6. The van der Waals surface area contributed by atoms with E-state index in [2.05, 4.69) is 0 Å². The molecule has 0 bridgehead atoms. The molecular weight excluding hydrogens is 284 g/mol. The summed E-state index contributed by atoms with van der Waals surface area (Å²) in [7, 11) is 0. The van der Waals surface area contributed by atoms with Crippen LogP contribution in [0, 0.1) is 0 Å². The number of aliphatic carboxylic acids is 1. The molecule has 1 aromatic carbocycles. The predicted molar refractivity (Wildman–Crippen MR) is 71.0 cm³/mol. The minimum absolute atomic E-state index is 0.0948. The van der Waals surface area contributed by atoms with E-state index in [1.54, 1.807) is 35.6 Å². The minimum atomic E-state index is -3.54. The number of amides is 1. The van der Waals surface area contributed by atoms with Crippen molar-refractivity contribution >= 4 is 12.1 Å². The lowest BCUT2D eigenvalue weighted by Gasteiger charge is -2.23. The Balaban J connectivity index is 2.59. The molecule has 7 heteroatoms. The average molecular weight is 301 g/mol. The highest BCUT2D eigenvalue weighted by atomic mass is 19.3. The molecule has 21 heavy (non-hydrogen) atoms. The summed E-state index contributed by atoms with van der Waals surface area (Å²) in [5, 5.41) is 10.5. The minimum Gasteiger partial charge on any atom is -0.480 e. The third kappa shape index (κ3) is 5.37. The first-order valence-corrected chi connectivity index (χ1v) is 6.44. The van der Waals surface area contributed by atoms with Crippen molar-refractivity contribution in [3.63, 3.8) is 0 Å². The monoisotopic (exact) mass is 301 g/mol. The maximum atomic E-state index is 13.6. The van der Waals surface area contributed by atoms with Gasteiger partial charge < -0.3 is 15.2 Å². The number of hydrogen-bond donors (Lipinski definition) is 2. The lowest BCUT2D eigenvalue weighted by atomic mass is 10.1. The van der Waals surface area contributed by atoms with Crippen molar-refractivity contribution in [3.05, 3.63) is 35.9 Å². The number of carboxylic acid groups (broad SMARTS) is 1. The normalized spacial score (nSPS) is 12.5. The summed E-state index contributed by atoms with van der Waals surface area (Å²) in [6, 6.07) is 6.30. The first-order chi connectivity index (χ1) is 9.86. The fourth-order valence-electron chi connectivity index (χ4n) is 1.71. The van der Waals surface area contributed by atoms with Gasteiger partial charge in [-0.15, -0.1) is 0 Å². The van der Waals surface area contributed by atoms with E-state index in [-0.39, 0.29) is 13.0 Å². The molecule has 0 saturated carbocycles. The van der Waals surface area contributed by atoms with Gasteiger partial charge in [-0.1, -0.05) is 43.7 Å². The molecular formula is C14H17F2NO4. The highest BCUT2D eigenvalue weighted by Gasteiger charge is 2.45. The number of rotatable bonds is 7. The molecule has 2 N–H and O–H groups in total. The lowest BCUT2D eigenvalue weighted by Crippen LogP contribution is -2.52. The zero-order valence-corrected chi connectivity index (χ0v) is 11.5. The highest BCUT2D eigenvalue weighted by molar-refractivity contribution is 5.81. The molecule has 0 aliphatic rings. The van der Waals surface area contributed by atoms with Gasteiger partial charge in [0.1, 0.15) is 6.61 Å². The fraction of sp³-hybridized carbons (Fsp3) is 0.429. The van der Waals surface area contributed by atoms with Gasteiger partial charge in [0.25, 0.3) is 5.92 Å². The second-order valence-electron chi connectivity index (χ2n) is 4.49. The molecule has 1 unspecified atom stereocenters. The van der Waals surface area contributed by atoms with Crippen LogP contribution >= 0.6 is 0 Å². The zero-order valence-electron chi connectivity index (χ0n) is 11.5. The van der Waals surface area contributed by atoms with Crippen LogP contribution in [0.5, 0.6) is 0 Å². The van der Waals surface area contributed by atoms with Crippen LogP contribution in [0.1, 0.15) is 25.3 Å². The van der Waals surface area contributed by atoms with Crippen LogP contribution in [-0.2, 0) is 16.1 Å². The quantitative estimate of drug-likeness (QED) is 0.812. The summed E-state index contributed by atoms with van der Waals surface area (Å²) in [5.74, 6) is -5.34. The Morgan fingerprint density at radius 2 is 1.95 bits per heavy atom. The third-order valence-electron chi connectivity index (χ3n) is 2.73. The third-order valence-corrected chi connectivity index (χ3v) is 2.73. The van der Waals surface area contributed by atoms with E-state index in [9.17, 15) is 18.4 Å². The van der Waals surface area contributed by atoms with Crippen LogP contribution in [0.25, 0.3) is 0 Å². The topological polar surface area (TPSA) is 75.6 Å². The van der Waals surface area contributed by atoms with E-state index >= 15 is 0 Å². The van der Waals surface area contributed by atoms with Crippen molar-refractivity contribution in [2.24, 2.45) is 0 Å². The summed E-state index contributed by atoms with van der Waals surface area (Å²) in [5.41, 5.74) is 0.667. The van der Waals surface area contributed by atoms with E-state index in [4.69, 9.17) is 9.84 Å². The number of alkyl halides is 2. The van der Waals surface area contributed by atoms with Crippen molar-refractivity contribution in [2.75, 3.05) is 0 Å². The molecule has 0 aromatic heterocycles. The van der Waals surface area contributed by atoms with Gasteiger partial charge >= 0.3 is 12.1 Å². The second-order valence-corrected chi connectivity index (χ2v) is 4.49. The molecule has 0 saturated heterocycles. The predicted octanol–water partition coefficient (Wildman–Crippen LogP) is 2.80. The molecule has 1 aromatic rings. The Hall–Kier alpha value is -2.18. The fourth-order valence-corrected chi connectivity index (χ4v) is 1.71. The summed E-state index contributed by atoms with van der Waals surface area (Å²) < 4.78 is 32.0. The second kappa shape index (κ2) is 7.56. The number of ether oxygens (including phenoxy) is 1. The summed E-state index contributed by atoms with van der Waals surface area (Å²) in [6.45, 7) is 1.37. The number of alkyl carbamates (subject to hydrolysis) is 1. The van der Waals surface area contributed by atoms with Crippen LogP contribution < -0.4 is 5.32 Å². The molecule has 1 amide bonds. The SMILES string of the molecule is CCCC(F)(F)C(NC(=O)OCc1ccccc1)C(=O)O. The van der Waals surface area contributed by atoms with Gasteiger partial charge in [-0.25, -0.2) is 18.4 Å². The largest absolute Gasteiger partial charge is 0.480 e. The molecule has 1 rings (SSSR count). The number of halogens is 2. The molecule has 0 spiro atoms. The average Bonchev–Trinajstić information content (AvgIpc) is 2.43. The van der Waals surface area contributed by atoms with E-state index in [0.717, 1.165) is 0 Å². The van der Waals surface area contributed by atoms with Gasteiger partial charge in [0.2, 0.25) is 0 Å². The van der Waals surface area contributed by atoms with Crippen molar-refractivity contribution in [3.8, 4) is 0 Å². The van der Waals surface area contributed by atoms with Crippen molar-refractivity contribution in [2.45, 2.75) is 38.3 Å². The van der Waals surface area contributed by atoms with E-state index in [0.29, 0.717) is 5.56 Å². The molecule has 5 nitrogen and oxygen atoms in total. The van der Waals surface area contributed by atoms with E-state index in [1.165, 1.54) is 6.92 Å². The van der Waals surface area contributed by atoms with Gasteiger partial charge in [-0.3, -0.25) is 0 Å². The Morgan fingerprint density at radius 1 is 1.33 bits per heavy atom. The van der Waals surface area contributed by atoms with E-state index in [1.807, 2.05) is 0 Å². The number of carbonyl (C=O) groups is 2. The van der Waals surface area contributed by atoms with Gasteiger partial charge in [-0.2, -0.15) is 0 Å². The van der Waals surface area contributed by atoms with Crippen LogP contribution in [-0.4, -0.2) is 29.1 Å². The smallest absolute Gasteiger partial charge is 0.408 e. The van der Waals surface area contributed by atoms with Crippen LogP contribution in [0.15, 0.2) is 30.3 Å². The summed E-state index contributed by atoms with van der Waals surface area (Å²) in [4.78, 5) is 22.3. The zero-order chi connectivity index (χ0) is 15.9. The van der Waals surface area contributed by atoms with Crippen molar-refractivity contribution in [1.82, 2.24) is 5.32 Å². The number of benzene rings is 1. The molecule has 116 valence electrons. The van der Waals surface area contributed by atoms with Gasteiger partial charge in [-0.05, 0) is 5.56 Å². The van der Waals surface area contributed by atoms with E-state index < -0.39 is 30.4 Å². The Bertz CT molecular complexity index is 479. The van der Waals surface area contributed by atoms with Crippen molar-refractivity contribution < 1.29 is 28.2 Å². The standard InChI is InChI=1S/C14H17F2NO4/c1-2-8-14(15,16)11(12(18)19)17-13(20)21-9-10-6-4-3-5-7-10/h3-7,11H,2,8-9H2,1H3,(H,17,20)(H,18,19). The van der Waals surface area contributed by atoms with Gasteiger partial charge in [0.05, 0.1) is 0 Å². The molecule has 0 radical (unpaired) electrons. The molecule has 0 heterocycles. The molecule has 1 atom stereocenters. The first kappa shape index (κ1) is 16.9. The first-order valence-electron chi connectivity index (χ1n) is 6.44. The Kier molecular flexibility index (Phi) is 6.08. The summed E-state index contributed by atoms with van der Waals surface area (Å²) >= 11 is 0. The maximum Gasteiger partial charge on any atom is 0.408 e. The number of carboxylic acids is 1. The van der Waals surface area contributed by atoms with Gasteiger partial charge in [0.15, 0.2) is 6.04 Å². The molecule has 0 aliphatic carbocycles. The van der Waals surface area contributed by atoms with Crippen LogP contribution in [0.3, 0.4) is 0 Å². The van der Waals surface area contributed by atoms with Crippen LogP contribution in [0.4, 0.5) is 13.6 Å². The Morgan fingerprint density at radius 3 is 2.48 bits per heavy atom. The highest BCUT2D eigenvalue weighted by Crippen LogP contribution is 2.25. The summed E-state index contributed by atoms with van der Waals surface area (Å²) in [6.07, 6.45) is -1.73. The number of nitrogens with one attached hydrogen (secondary N) is 1. The molecule has 0 fully saturated rings. The van der Waals surface area contributed by atoms with Crippen molar-refractivity contribution in [1.29, 1.82) is 0 Å².